The van der Waals surface area contributed by atoms with Crippen molar-refractivity contribution >= 4 is 34.0 Å². The minimum Gasteiger partial charge on any atom is -0.375 e. The van der Waals surface area contributed by atoms with Gasteiger partial charge in [-0.05, 0) is 6.07 Å². The molecule has 0 spiro atoms. The van der Waals surface area contributed by atoms with Gasteiger partial charge < -0.3 is 5.73 Å². The predicted molar refractivity (Wildman–Crippen MR) is 73.8 cm³/mol. The third-order valence-electron chi connectivity index (χ3n) is 3.05. The molecule has 0 fully saturated rings. The van der Waals surface area contributed by atoms with Gasteiger partial charge in [0.05, 0.1) is 22.6 Å². The summed E-state index contributed by atoms with van der Waals surface area (Å²) in [6.07, 6.45) is 1.49. The first kappa shape index (κ1) is 13.2. The van der Waals surface area contributed by atoms with Gasteiger partial charge in [0.15, 0.2) is 5.13 Å². The fraction of sp³-hybridized carbons (Fsp3) is 0.0833. The number of nitrogen functional groups attached to an aromatic ring is 1. The van der Waals surface area contributed by atoms with Crippen molar-refractivity contribution in [3.05, 3.63) is 50.5 Å². The van der Waals surface area contributed by atoms with Gasteiger partial charge in [0, 0.05) is 23.2 Å². The van der Waals surface area contributed by atoms with Gasteiger partial charge >= 0.3 is 0 Å². The van der Waals surface area contributed by atoms with Crippen molar-refractivity contribution in [1.82, 2.24) is 9.88 Å². The number of amides is 2. The molecule has 0 aliphatic carbocycles. The number of nitro benzene ring substituents is 1. The number of nitro groups is 1. The maximum Gasteiger partial charge on any atom is 0.270 e. The molecule has 1 aliphatic rings. The maximum atomic E-state index is 12.2. The van der Waals surface area contributed by atoms with Crippen LogP contribution in [0, 0.1) is 10.1 Å². The van der Waals surface area contributed by atoms with Crippen molar-refractivity contribution in [2.75, 3.05) is 5.73 Å². The Balaban J connectivity index is 1.94. The smallest absolute Gasteiger partial charge is 0.270 e. The van der Waals surface area contributed by atoms with Crippen molar-refractivity contribution in [3.63, 3.8) is 0 Å². The summed E-state index contributed by atoms with van der Waals surface area (Å²) >= 11 is 1.18. The average Bonchev–Trinajstić information content (AvgIpc) is 2.96. The Bertz CT molecular complexity index is 785. The molecule has 2 aromatic rings. The predicted octanol–water partition coefficient (Wildman–Crippen LogP) is 1.43. The Morgan fingerprint density at radius 2 is 2.00 bits per heavy atom. The first-order chi connectivity index (χ1) is 9.97. The van der Waals surface area contributed by atoms with E-state index in [-0.39, 0.29) is 23.4 Å². The summed E-state index contributed by atoms with van der Waals surface area (Å²) in [6, 6.07) is 3.63. The standard InChI is InChI=1S/C12H8N4O4S/c13-12-14-4-7(21-12)5-15-10(17)8-2-1-6(16(19)20)3-9(8)11(15)18/h1-4H,5H2,(H2,13,14). The van der Waals surface area contributed by atoms with E-state index in [4.69, 9.17) is 5.73 Å². The topological polar surface area (TPSA) is 119 Å². The van der Waals surface area contributed by atoms with E-state index in [0.717, 1.165) is 11.0 Å². The monoisotopic (exact) mass is 304 g/mol. The Hall–Kier alpha value is -2.81. The molecule has 0 saturated carbocycles. The lowest BCUT2D eigenvalue weighted by Crippen LogP contribution is -2.28. The van der Waals surface area contributed by atoms with E-state index >= 15 is 0 Å². The van der Waals surface area contributed by atoms with E-state index in [1.807, 2.05) is 0 Å². The Morgan fingerprint density at radius 3 is 2.62 bits per heavy atom. The summed E-state index contributed by atoms with van der Waals surface area (Å²) < 4.78 is 0. The molecule has 0 radical (unpaired) electrons. The molecule has 0 atom stereocenters. The van der Waals surface area contributed by atoms with Crippen LogP contribution in [0.2, 0.25) is 0 Å². The molecule has 3 rings (SSSR count). The second kappa shape index (κ2) is 4.63. The molecule has 106 valence electrons. The number of hydrogen-bond acceptors (Lipinski definition) is 7. The highest BCUT2D eigenvalue weighted by molar-refractivity contribution is 7.15. The van der Waals surface area contributed by atoms with Gasteiger partial charge in [-0.15, -0.1) is 11.3 Å². The van der Waals surface area contributed by atoms with Gasteiger partial charge in [0.1, 0.15) is 0 Å². The molecular formula is C12H8N4O4S. The average molecular weight is 304 g/mol. The van der Waals surface area contributed by atoms with Crippen LogP contribution in [0.3, 0.4) is 0 Å². The second-order valence-electron chi connectivity index (χ2n) is 4.35. The summed E-state index contributed by atoms with van der Waals surface area (Å²) in [5.74, 6) is -1.03. The van der Waals surface area contributed by atoms with E-state index in [1.165, 1.54) is 29.7 Å². The first-order valence-electron chi connectivity index (χ1n) is 5.82. The quantitative estimate of drug-likeness (QED) is 0.520. The SMILES string of the molecule is Nc1ncc(CN2C(=O)c3ccc([N+](=O)[O-])cc3C2=O)s1. The van der Waals surface area contributed by atoms with Crippen LogP contribution in [-0.4, -0.2) is 26.6 Å². The molecule has 9 heteroatoms. The molecule has 2 amide bonds. The number of non-ortho nitro benzene ring substituents is 1. The van der Waals surface area contributed by atoms with E-state index in [2.05, 4.69) is 4.98 Å². The van der Waals surface area contributed by atoms with Crippen LogP contribution in [0.25, 0.3) is 0 Å². The number of thiazole rings is 1. The molecular weight excluding hydrogens is 296 g/mol. The Labute approximate surface area is 122 Å². The van der Waals surface area contributed by atoms with Crippen molar-refractivity contribution < 1.29 is 14.5 Å². The first-order valence-corrected chi connectivity index (χ1v) is 6.64. The van der Waals surface area contributed by atoms with Gasteiger partial charge in [-0.2, -0.15) is 0 Å². The number of nitrogens with two attached hydrogens (primary N) is 1. The number of rotatable bonds is 3. The van der Waals surface area contributed by atoms with Crippen LogP contribution in [0.15, 0.2) is 24.4 Å². The van der Waals surface area contributed by atoms with Gasteiger partial charge in [-0.25, -0.2) is 4.98 Å². The zero-order valence-corrected chi connectivity index (χ0v) is 11.3. The number of nitrogens with zero attached hydrogens (tertiary/aromatic N) is 3. The van der Waals surface area contributed by atoms with Crippen LogP contribution >= 0.6 is 11.3 Å². The summed E-state index contributed by atoms with van der Waals surface area (Å²) in [4.78, 5) is 40.1. The minimum atomic E-state index is -0.607. The Kier molecular flexibility index (Phi) is 2.91. The molecule has 0 unspecified atom stereocenters. The summed E-state index contributed by atoms with van der Waals surface area (Å²) in [5, 5.41) is 11.1. The molecule has 8 nitrogen and oxygen atoms in total. The van der Waals surface area contributed by atoms with E-state index < -0.39 is 16.7 Å². The molecule has 2 N–H and O–H groups in total. The second-order valence-corrected chi connectivity index (χ2v) is 5.50. The lowest BCUT2D eigenvalue weighted by Gasteiger charge is -2.11. The van der Waals surface area contributed by atoms with E-state index in [1.54, 1.807) is 0 Å². The fourth-order valence-corrected chi connectivity index (χ4v) is 2.76. The number of carbonyl (C=O) groups excluding carboxylic acids is 2. The normalized spacial score (nSPS) is 13.6. The van der Waals surface area contributed by atoms with Crippen LogP contribution < -0.4 is 5.73 Å². The highest BCUT2D eigenvalue weighted by atomic mass is 32.1. The molecule has 21 heavy (non-hydrogen) atoms. The number of aromatic nitrogens is 1. The molecule has 1 aliphatic heterocycles. The van der Waals surface area contributed by atoms with E-state index in [9.17, 15) is 19.7 Å². The number of anilines is 1. The van der Waals surface area contributed by atoms with Crippen molar-refractivity contribution in [2.45, 2.75) is 6.54 Å². The van der Waals surface area contributed by atoms with Crippen LogP contribution in [0.4, 0.5) is 10.8 Å². The molecule has 0 bridgehead atoms. The molecule has 0 saturated heterocycles. The number of benzene rings is 1. The summed E-state index contributed by atoms with van der Waals surface area (Å²) in [7, 11) is 0. The van der Waals surface area contributed by atoms with Gasteiger partial charge in [-0.1, -0.05) is 0 Å². The number of hydrogen-bond donors (Lipinski definition) is 1. The van der Waals surface area contributed by atoms with Crippen LogP contribution in [0.5, 0.6) is 0 Å². The molecule has 2 heterocycles. The van der Waals surface area contributed by atoms with Crippen LogP contribution in [0.1, 0.15) is 25.6 Å². The fourth-order valence-electron chi connectivity index (χ4n) is 2.09. The van der Waals surface area contributed by atoms with Crippen molar-refractivity contribution in [1.29, 1.82) is 0 Å². The zero-order chi connectivity index (χ0) is 15.1. The lowest BCUT2D eigenvalue weighted by molar-refractivity contribution is -0.384. The third-order valence-corrected chi connectivity index (χ3v) is 3.86. The molecule has 1 aromatic carbocycles. The van der Waals surface area contributed by atoms with Crippen LogP contribution in [-0.2, 0) is 6.54 Å². The summed E-state index contributed by atoms with van der Waals surface area (Å²) in [5.41, 5.74) is 5.50. The number of imide groups is 1. The number of carbonyl (C=O) groups is 2. The van der Waals surface area contributed by atoms with Gasteiger partial charge in [-0.3, -0.25) is 24.6 Å². The maximum absolute atomic E-state index is 12.2. The minimum absolute atomic E-state index is 0.0479. The highest BCUT2D eigenvalue weighted by Crippen LogP contribution is 2.29. The van der Waals surface area contributed by atoms with Gasteiger partial charge in [0.2, 0.25) is 0 Å². The Morgan fingerprint density at radius 1 is 1.29 bits per heavy atom. The molecule has 1 aromatic heterocycles. The zero-order valence-electron chi connectivity index (χ0n) is 10.5. The third kappa shape index (κ3) is 2.13. The summed E-state index contributed by atoms with van der Waals surface area (Å²) in [6.45, 7) is 0.0506. The highest BCUT2D eigenvalue weighted by Gasteiger charge is 2.36. The number of fused-ring (bicyclic) bond motifs is 1. The van der Waals surface area contributed by atoms with Crippen molar-refractivity contribution in [2.24, 2.45) is 0 Å². The van der Waals surface area contributed by atoms with E-state index in [0.29, 0.717) is 10.0 Å². The largest absolute Gasteiger partial charge is 0.375 e. The lowest BCUT2D eigenvalue weighted by atomic mass is 10.1. The van der Waals surface area contributed by atoms with Crippen molar-refractivity contribution in [3.8, 4) is 0 Å². The van der Waals surface area contributed by atoms with Gasteiger partial charge in [0.25, 0.3) is 17.5 Å².